The number of hydrogen-bond acceptors (Lipinski definition) is 1. The number of aryl methyl sites for hydroxylation is 2. The zero-order valence-electron chi connectivity index (χ0n) is 9.10. The number of halogens is 1. The van der Waals surface area contributed by atoms with Gasteiger partial charge in [0.1, 0.15) is 0 Å². The average molecular weight is 212 g/mol. The molecule has 2 N–H and O–H groups in total. The number of hydrogen-bond donors (Lipinski definition) is 1. The molecule has 0 amide bonds. The quantitative estimate of drug-likeness (QED) is 0.814. The van der Waals surface area contributed by atoms with Crippen LogP contribution in [-0.4, -0.2) is 0 Å². The van der Waals surface area contributed by atoms with E-state index >= 15 is 0 Å². The van der Waals surface area contributed by atoms with Crippen molar-refractivity contribution >= 4 is 11.6 Å². The highest BCUT2D eigenvalue weighted by molar-refractivity contribution is 6.32. The SMILES string of the molecule is CCc1cc([C@H](C)N)cc(CC)c1Cl. The smallest absolute Gasteiger partial charge is 0.0469 e. The van der Waals surface area contributed by atoms with Gasteiger partial charge in [0.05, 0.1) is 0 Å². The third kappa shape index (κ3) is 2.28. The summed E-state index contributed by atoms with van der Waals surface area (Å²) in [6, 6.07) is 4.32. The highest BCUT2D eigenvalue weighted by atomic mass is 35.5. The minimum Gasteiger partial charge on any atom is -0.324 e. The zero-order chi connectivity index (χ0) is 10.7. The van der Waals surface area contributed by atoms with Crippen LogP contribution in [0.25, 0.3) is 0 Å². The Bertz CT molecular complexity index is 293. The van der Waals surface area contributed by atoms with Crippen LogP contribution in [-0.2, 0) is 12.8 Å². The molecule has 0 aliphatic heterocycles. The van der Waals surface area contributed by atoms with E-state index in [1.165, 1.54) is 16.7 Å². The molecule has 0 heterocycles. The van der Waals surface area contributed by atoms with Crippen LogP contribution in [0.3, 0.4) is 0 Å². The fourth-order valence-corrected chi connectivity index (χ4v) is 1.93. The first-order valence-electron chi connectivity index (χ1n) is 5.16. The van der Waals surface area contributed by atoms with Crippen LogP contribution in [0.1, 0.15) is 43.5 Å². The summed E-state index contributed by atoms with van der Waals surface area (Å²) in [5.74, 6) is 0. The van der Waals surface area contributed by atoms with Crippen molar-refractivity contribution in [3.63, 3.8) is 0 Å². The van der Waals surface area contributed by atoms with Crippen molar-refractivity contribution < 1.29 is 0 Å². The van der Waals surface area contributed by atoms with Crippen molar-refractivity contribution in [1.82, 2.24) is 0 Å². The first-order valence-corrected chi connectivity index (χ1v) is 5.54. The van der Waals surface area contributed by atoms with Crippen molar-refractivity contribution in [3.05, 3.63) is 33.8 Å². The molecule has 1 nitrogen and oxygen atoms in total. The van der Waals surface area contributed by atoms with E-state index in [2.05, 4.69) is 26.0 Å². The van der Waals surface area contributed by atoms with Crippen molar-refractivity contribution in [1.29, 1.82) is 0 Å². The second-order valence-electron chi connectivity index (χ2n) is 3.65. The molecular weight excluding hydrogens is 194 g/mol. The topological polar surface area (TPSA) is 26.0 Å². The Morgan fingerprint density at radius 1 is 1.21 bits per heavy atom. The summed E-state index contributed by atoms with van der Waals surface area (Å²) in [5.41, 5.74) is 9.46. The standard InChI is InChI=1S/C12H18ClN/c1-4-9-6-11(8(3)14)7-10(5-2)12(9)13/h6-8H,4-5,14H2,1-3H3/t8-/m0/s1. The average Bonchev–Trinajstić information content (AvgIpc) is 2.17. The Morgan fingerprint density at radius 3 is 1.93 bits per heavy atom. The molecule has 1 rings (SSSR count). The molecule has 14 heavy (non-hydrogen) atoms. The van der Waals surface area contributed by atoms with E-state index in [-0.39, 0.29) is 6.04 Å². The van der Waals surface area contributed by atoms with Gasteiger partial charge in [-0.25, -0.2) is 0 Å². The van der Waals surface area contributed by atoms with E-state index in [9.17, 15) is 0 Å². The van der Waals surface area contributed by atoms with Crippen LogP contribution in [0.4, 0.5) is 0 Å². The van der Waals surface area contributed by atoms with Crippen molar-refractivity contribution in [2.75, 3.05) is 0 Å². The first kappa shape index (κ1) is 11.5. The minimum absolute atomic E-state index is 0.0860. The lowest BCUT2D eigenvalue weighted by Crippen LogP contribution is -2.06. The molecule has 0 aliphatic carbocycles. The Morgan fingerprint density at radius 2 is 1.64 bits per heavy atom. The van der Waals surface area contributed by atoms with Crippen molar-refractivity contribution in [2.45, 2.75) is 39.7 Å². The van der Waals surface area contributed by atoms with E-state index in [4.69, 9.17) is 17.3 Å². The van der Waals surface area contributed by atoms with Crippen molar-refractivity contribution in [2.24, 2.45) is 5.73 Å². The first-order chi connectivity index (χ1) is 6.60. The summed E-state index contributed by atoms with van der Waals surface area (Å²) >= 11 is 6.24. The second kappa shape index (κ2) is 4.81. The lowest BCUT2D eigenvalue weighted by molar-refractivity contribution is 0.812. The third-order valence-electron chi connectivity index (χ3n) is 2.53. The summed E-state index contributed by atoms with van der Waals surface area (Å²) < 4.78 is 0. The van der Waals surface area contributed by atoms with E-state index in [1.807, 2.05) is 6.92 Å². The Hall–Kier alpha value is -0.530. The monoisotopic (exact) mass is 211 g/mol. The van der Waals surface area contributed by atoms with Gasteiger partial charge in [0.15, 0.2) is 0 Å². The summed E-state index contributed by atoms with van der Waals surface area (Å²) in [6.07, 6.45) is 1.93. The Labute approximate surface area is 91.3 Å². The summed E-state index contributed by atoms with van der Waals surface area (Å²) in [7, 11) is 0. The predicted molar refractivity (Wildman–Crippen MR) is 62.8 cm³/mol. The predicted octanol–water partition coefficient (Wildman–Crippen LogP) is 3.48. The van der Waals surface area contributed by atoms with Crippen LogP contribution in [0.5, 0.6) is 0 Å². The van der Waals surface area contributed by atoms with E-state index in [0.717, 1.165) is 17.9 Å². The molecule has 0 saturated carbocycles. The van der Waals surface area contributed by atoms with Gasteiger partial charge in [-0.1, -0.05) is 37.6 Å². The van der Waals surface area contributed by atoms with Crippen molar-refractivity contribution in [3.8, 4) is 0 Å². The summed E-state index contributed by atoms with van der Waals surface area (Å²) in [6.45, 7) is 6.24. The molecule has 2 heteroatoms. The lowest BCUT2D eigenvalue weighted by atomic mass is 9.99. The molecule has 0 saturated heterocycles. The van der Waals surface area contributed by atoms with Gasteiger partial charge >= 0.3 is 0 Å². The molecule has 78 valence electrons. The van der Waals surface area contributed by atoms with E-state index < -0.39 is 0 Å². The molecule has 1 aromatic rings. The molecule has 0 aromatic heterocycles. The van der Waals surface area contributed by atoms with Gasteiger partial charge in [0, 0.05) is 11.1 Å². The molecule has 0 fully saturated rings. The fourth-order valence-electron chi connectivity index (χ4n) is 1.55. The summed E-state index contributed by atoms with van der Waals surface area (Å²) in [5, 5.41) is 0.916. The highest BCUT2D eigenvalue weighted by Gasteiger charge is 2.08. The highest BCUT2D eigenvalue weighted by Crippen LogP contribution is 2.26. The molecule has 0 aliphatic rings. The Kier molecular flexibility index (Phi) is 3.97. The van der Waals surface area contributed by atoms with Crippen LogP contribution in [0.15, 0.2) is 12.1 Å². The maximum Gasteiger partial charge on any atom is 0.0469 e. The zero-order valence-corrected chi connectivity index (χ0v) is 9.86. The summed E-state index contributed by atoms with van der Waals surface area (Å²) in [4.78, 5) is 0. The van der Waals surface area contributed by atoms with Gasteiger partial charge in [0.25, 0.3) is 0 Å². The van der Waals surface area contributed by atoms with Gasteiger partial charge in [-0.15, -0.1) is 0 Å². The van der Waals surface area contributed by atoms with Gasteiger partial charge < -0.3 is 5.73 Å². The van der Waals surface area contributed by atoms with Crippen LogP contribution < -0.4 is 5.73 Å². The molecule has 0 radical (unpaired) electrons. The normalized spacial score (nSPS) is 12.9. The lowest BCUT2D eigenvalue weighted by Gasteiger charge is -2.13. The van der Waals surface area contributed by atoms with E-state index in [1.54, 1.807) is 0 Å². The molecule has 0 spiro atoms. The minimum atomic E-state index is 0.0860. The maximum absolute atomic E-state index is 6.24. The fraction of sp³-hybridized carbons (Fsp3) is 0.500. The van der Waals surface area contributed by atoms with Gasteiger partial charge in [-0.3, -0.25) is 0 Å². The number of nitrogens with two attached hydrogens (primary N) is 1. The van der Waals surface area contributed by atoms with Gasteiger partial charge in [-0.2, -0.15) is 0 Å². The number of benzene rings is 1. The third-order valence-corrected chi connectivity index (χ3v) is 3.02. The molecule has 0 bridgehead atoms. The van der Waals surface area contributed by atoms with E-state index in [0.29, 0.717) is 0 Å². The largest absolute Gasteiger partial charge is 0.324 e. The number of rotatable bonds is 3. The van der Waals surface area contributed by atoms with Crippen LogP contribution in [0.2, 0.25) is 5.02 Å². The van der Waals surface area contributed by atoms with Gasteiger partial charge in [0.2, 0.25) is 0 Å². The van der Waals surface area contributed by atoms with Crippen LogP contribution in [0, 0.1) is 0 Å². The molecule has 1 atom stereocenters. The van der Waals surface area contributed by atoms with Crippen LogP contribution >= 0.6 is 11.6 Å². The second-order valence-corrected chi connectivity index (χ2v) is 4.03. The molecule has 1 aromatic carbocycles. The molecular formula is C12H18ClN. The Balaban J connectivity index is 3.25. The molecule has 0 unspecified atom stereocenters. The maximum atomic E-state index is 6.24. The van der Waals surface area contributed by atoms with Gasteiger partial charge in [-0.05, 0) is 36.5 Å².